The first-order valence-electron chi connectivity index (χ1n) is 11.6. The molecule has 3 N–H and O–H groups in total. The number of carbonyl (C=O) groups is 2. The van der Waals surface area contributed by atoms with E-state index in [1.54, 1.807) is 64.2 Å². The summed E-state index contributed by atoms with van der Waals surface area (Å²) < 4.78 is 7.90. The molecule has 3 aromatic heterocycles. The van der Waals surface area contributed by atoms with Gasteiger partial charge in [-0.1, -0.05) is 0 Å². The maximum atomic E-state index is 13.2. The lowest BCUT2D eigenvalue weighted by Gasteiger charge is -2.36. The second-order valence-corrected chi connectivity index (χ2v) is 11.1. The highest BCUT2D eigenvalue weighted by atomic mass is 32.1. The number of nitrogens with one attached hydrogen (secondary N) is 2. The number of aliphatic hydroxyl groups is 1. The van der Waals surface area contributed by atoms with Crippen molar-refractivity contribution in [3.8, 4) is 16.2 Å². The van der Waals surface area contributed by atoms with Crippen LogP contribution in [0.1, 0.15) is 43.8 Å². The van der Waals surface area contributed by atoms with Crippen molar-refractivity contribution in [2.45, 2.75) is 51.9 Å². The summed E-state index contributed by atoms with van der Waals surface area (Å²) in [4.78, 5) is 33.6. The smallest absolute Gasteiger partial charge is 0.270 e. The second-order valence-electron chi connectivity index (χ2n) is 10.0. The van der Waals surface area contributed by atoms with Crippen molar-refractivity contribution in [2.75, 3.05) is 17.3 Å². The van der Waals surface area contributed by atoms with E-state index >= 15 is 0 Å². The third kappa shape index (κ3) is 4.35. The lowest BCUT2D eigenvalue weighted by Crippen LogP contribution is -2.50. The van der Waals surface area contributed by atoms with Crippen LogP contribution in [0.3, 0.4) is 0 Å². The SMILES string of the molecule is CN1C(=O)C(C)(C)Oc2cc3c(cc21)nc(NC(=O)c1ccc(-c2cn[nH]c2)s1)n3CCC(C)(C)O. The summed E-state index contributed by atoms with van der Waals surface area (Å²) in [6.45, 7) is 7.35. The van der Waals surface area contributed by atoms with Crippen molar-refractivity contribution in [3.05, 3.63) is 41.5 Å². The van der Waals surface area contributed by atoms with Gasteiger partial charge in [0.2, 0.25) is 5.95 Å². The molecule has 0 bridgehead atoms. The van der Waals surface area contributed by atoms with Crippen molar-refractivity contribution < 1.29 is 19.4 Å². The van der Waals surface area contributed by atoms with Gasteiger partial charge in [-0.2, -0.15) is 5.10 Å². The summed E-state index contributed by atoms with van der Waals surface area (Å²) in [5.74, 6) is 0.465. The van der Waals surface area contributed by atoms with Gasteiger partial charge in [0, 0.05) is 36.3 Å². The van der Waals surface area contributed by atoms with Crippen LogP contribution in [0.4, 0.5) is 11.6 Å². The van der Waals surface area contributed by atoms with E-state index in [0.717, 1.165) is 16.0 Å². The number of carbonyl (C=O) groups excluding carboxylic acids is 2. The predicted octanol–water partition coefficient (Wildman–Crippen LogP) is 4.04. The number of amides is 2. The molecule has 1 aliphatic rings. The Morgan fingerprint density at radius 2 is 2.08 bits per heavy atom. The molecule has 36 heavy (non-hydrogen) atoms. The number of aryl methyl sites for hydroxylation is 1. The van der Waals surface area contributed by atoms with Gasteiger partial charge >= 0.3 is 0 Å². The zero-order valence-electron chi connectivity index (χ0n) is 20.7. The number of benzene rings is 1. The molecule has 4 aromatic rings. The number of imidazole rings is 1. The minimum absolute atomic E-state index is 0.157. The number of thiophene rings is 1. The largest absolute Gasteiger partial charge is 0.476 e. The minimum atomic E-state index is -1.00. The van der Waals surface area contributed by atoms with Crippen LogP contribution in [0.25, 0.3) is 21.5 Å². The molecule has 5 rings (SSSR count). The van der Waals surface area contributed by atoms with Gasteiger partial charge in [-0.3, -0.25) is 20.0 Å². The summed E-state index contributed by atoms with van der Waals surface area (Å²) in [5, 5.41) is 20.0. The van der Waals surface area contributed by atoms with Crippen LogP contribution < -0.4 is 15.0 Å². The molecule has 0 aliphatic carbocycles. The predicted molar refractivity (Wildman–Crippen MR) is 139 cm³/mol. The molecule has 10 nitrogen and oxygen atoms in total. The number of fused-ring (bicyclic) bond motifs is 2. The van der Waals surface area contributed by atoms with Gasteiger partial charge in [-0.05, 0) is 52.3 Å². The fourth-order valence-electron chi connectivity index (χ4n) is 4.19. The van der Waals surface area contributed by atoms with Gasteiger partial charge in [-0.15, -0.1) is 11.3 Å². The molecule has 11 heteroatoms. The van der Waals surface area contributed by atoms with Crippen LogP contribution in [0.2, 0.25) is 0 Å². The van der Waals surface area contributed by atoms with E-state index in [-0.39, 0.29) is 11.8 Å². The number of aromatic nitrogens is 4. The molecule has 1 aromatic carbocycles. The van der Waals surface area contributed by atoms with Crippen molar-refractivity contribution in [3.63, 3.8) is 0 Å². The number of ether oxygens (including phenoxy) is 1. The summed E-state index contributed by atoms with van der Waals surface area (Å²) in [7, 11) is 1.71. The summed E-state index contributed by atoms with van der Waals surface area (Å²) >= 11 is 1.36. The Morgan fingerprint density at radius 1 is 1.31 bits per heavy atom. The van der Waals surface area contributed by atoms with E-state index in [9.17, 15) is 14.7 Å². The van der Waals surface area contributed by atoms with Crippen molar-refractivity contribution in [1.82, 2.24) is 19.7 Å². The molecule has 0 atom stereocenters. The normalized spacial score (nSPS) is 15.2. The van der Waals surface area contributed by atoms with Gasteiger partial charge in [0.05, 0.1) is 33.4 Å². The molecule has 0 saturated carbocycles. The maximum absolute atomic E-state index is 13.2. The Balaban J connectivity index is 1.53. The third-order valence-corrected chi connectivity index (χ3v) is 7.29. The van der Waals surface area contributed by atoms with Crippen molar-refractivity contribution in [2.24, 2.45) is 0 Å². The van der Waals surface area contributed by atoms with E-state index in [1.165, 1.54) is 11.3 Å². The van der Waals surface area contributed by atoms with Gasteiger partial charge in [0.1, 0.15) is 5.75 Å². The number of aromatic amines is 1. The first-order valence-corrected chi connectivity index (χ1v) is 12.4. The van der Waals surface area contributed by atoms with Crippen LogP contribution in [0.15, 0.2) is 36.7 Å². The van der Waals surface area contributed by atoms with Crippen LogP contribution in [0.5, 0.6) is 5.75 Å². The quantitative estimate of drug-likeness (QED) is 0.361. The highest BCUT2D eigenvalue weighted by Crippen LogP contribution is 2.40. The summed E-state index contributed by atoms with van der Waals surface area (Å²) in [6.07, 6.45) is 3.92. The van der Waals surface area contributed by atoms with E-state index in [4.69, 9.17) is 4.74 Å². The lowest BCUT2D eigenvalue weighted by molar-refractivity contribution is -0.132. The van der Waals surface area contributed by atoms with Crippen molar-refractivity contribution >= 4 is 45.8 Å². The third-order valence-electron chi connectivity index (χ3n) is 6.16. The van der Waals surface area contributed by atoms with Crippen LogP contribution in [-0.2, 0) is 11.3 Å². The maximum Gasteiger partial charge on any atom is 0.270 e. The molecule has 0 radical (unpaired) electrons. The zero-order valence-corrected chi connectivity index (χ0v) is 21.6. The Hall–Kier alpha value is -3.70. The number of likely N-dealkylation sites (N-methyl/N-ethyl adjacent to an activating group) is 1. The van der Waals surface area contributed by atoms with E-state index in [2.05, 4.69) is 20.5 Å². The van der Waals surface area contributed by atoms with Gasteiger partial charge in [0.15, 0.2) is 5.60 Å². The molecule has 188 valence electrons. The monoisotopic (exact) mass is 508 g/mol. The fourth-order valence-corrected chi connectivity index (χ4v) is 5.07. The Kier molecular flexibility index (Phi) is 5.64. The topological polar surface area (TPSA) is 125 Å². The molecule has 0 fully saturated rings. The lowest BCUT2D eigenvalue weighted by atomic mass is 10.0. The molecule has 0 unspecified atom stereocenters. The van der Waals surface area contributed by atoms with Crippen molar-refractivity contribution in [1.29, 1.82) is 0 Å². The summed E-state index contributed by atoms with van der Waals surface area (Å²) in [6, 6.07) is 7.27. The number of hydrogen-bond acceptors (Lipinski definition) is 7. The standard InChI is InChI=1S/C25H28N6O4S/c1-24(2,34)8-9-31-16-11-18-17(30(5)22(33)25(3,4)35-18)10-15(16)28-23(31)29-21(32)20-7-6-19(36-20)14-12-26-27-13-14/h6-7,10-13,34H,8-9H2,1-5H3,(H,26,27)(H,28,29,32). The van der Waals surface area contributed by atoms with Crippen LogP contribution in [-0.4, -0.2) is 54.9 Å². The molecular formula is C25H28N6O4S. The van der Waals surface area contributed by atoms with Gasteiger partial charge in [0.25, 0.3) is 11.8 Å². The van der Waals surface area contributed by atoms with Gasteiger partial charge < -0.3 is 19.3 Å². The number of H-pyrrole nitrogens is 1. The molecular weight excluding hydrogens is 480 g/mol. The molecule has 4 heterocycles. The highest BCUT2D eigenvalue weighted by molar-refractivity contribution is 7.17. The zero-order chi connectivity index (χ0) is 25.8. The first-order chi connectivity index (χ1) is 16.9. The Morgan fingerprint density at radius 3 is 2.78 bits per heavy atom. The average molecular weight is 509 g/mol. The van der Waals surface area contributed by atoms with Gasteiger partial charge in [-0.25, -0.2) is 4.98 Å². The summed E-state index contributed by atoms with van der Waals surface area (Å²) in [5.41, 5.74) is 0.939. The number of nitrogens with zero attached hydrogens (tertiary/aromatic N) is 4. The number of rotatable bonds is 6. The number of anilines is 2. The molecule has 0 saturated heterocycles. The van der Waals surface area contributed by atoms with Crippen LogP contribution in [0, 0.1) is 0 Å². The minimum Gasteiger partial charge on any atom is -0.476 e. The average Bonchev–Trinajstić information content (AvgIpc) is 3.54. The molecule has 0 spiro atoms. The Labute approximate surface area is 211 Å². The highest BCUT2D eigenvalue weighted by Gasteiger charge is 2.39. The van der Waals surface area contributed by atoms with Crippen LogP contribution >= 0.6 is 11.3 Å². The second kappa shape index (κ2) is 8.45. The fraction of sp³-hybridized carbons (Fsp3) is 0.360. The molecule has 1 aliphatic heterocycles. The van der Waals surface area contributed by atoms with E-state index < -0.39 is 11.2 Å². The Bertz CT molecular complexity index is 1460. The first kappa shape index (κ1) is 24.0. The number of hydrogen-bond donors (Lipinski definition) is 3. The molecule has 2 amide bonds. The van der Waals surface area contributed by atoms with E-state index in [0.29, 0.717) is 40.7 Å². The van der Waals surface area contributed by atoms with E-state index in [1.807, 2.05) is 16.7 Å².